The van der Waals surface area contributed by atoms with Gasteiger partial charge in [-0.2, -0.15) is 0 Å². The molecule has 2 atom stereocenters. The quantitative estimate of drug-likeness (QED) is 0.637. The van der Waals surface area contributed by atoms with E-state index in [2.05, 4.69) is 11.5 Å². The maximum Gasteiger partial charge on any atom is 0.410 e. The van der Waals surface area contributed by atoms with E-state index in [1.54, 1.807) is 11.0 Å². The van der Waals surface area contributed by atoms with Gasteiger partial charge in [-0.25, -0.2) is 9.18 Å². The summed E-state index contributed by atoms with van der Waals surface area (Å²) in [6.45, 7) is 13.7. The normalized spacial score (nSPS) is 23.7. The van der Waals surface area contributed by atoms with Crippen LogP contribution in [0.25, 0.3) is 10.9 Å². The van der Waals surface area contributed by atoms with Crippen molar-refractivity contribution in [1.29, 1.82) is 0 Å². The fourth-order valence-corrected chi connectivity index (χ4v) is 5.02. The molecule has 2 saturated heterocycles. The summed E-state index contributed by atoms with van der Waals surface area (Å²) in [5.41, 5.74) is 2.20. The second-order valence-corrected chi connectivity index (χ2v) is 10.5. The number of carbonyl (C=O) groups is 1. The lowest BCUT2D eigenvalue weighted by Crippen LogP contribution is -2.42. The number of hydrogen-bond acceptors (Lipinski definition) is 4. The number of nitrogens with zero attached hydrogens (tertiary/aromatic N) is 2. The molecule has 2 aliphatic rings. The lowest BCUT2D eigenvalue weighted by Gasteiger charge is -2.35. The van der Waals surface area contributed by atoms with Crippen molar-refractivity contribution in [3.05, 3.63) is 35.3 Å². The molecule has 3 heterocycles. The zero-order valence-corrected chi connectivity index (χ0v) is 20.0. The molecule has 0 N–H and O–H groups in total. The molecule has 2 fully saturated rings. The van der Waals surface area contributed by atoms with Crippen LogP contribution in [-0.4, -0.2) is 52.7 Å². The number of hydrogen-bond donors (Lipinski definition) is 0. The first kappa shape index (κ1) is 23.1. The van der Waals surface area contributed by atoms with Crippen LogP contribution in [0.3, 0.4) is 0 Å². The third-order valence-corrected chi connectivity index (χ3v) is 6.25. The standard InChI is InChI=1S/C25H35FN2O4/c1-16-19-10-7-11-20(26)22(19)28(14-18-15-30-25(5,6)31-18)21(16)17-9-8-12-27(13-17)23(29)32-24(2,3)4/h7,10-11,17-18H,8-9,12-15H2,1-6H3/t17?,18-/m0/s1. The largest absolute Gasteiger partial charge is 0.444 e. The summed E-state index contributed by atoms with van der Waals surface area (Å²) < 4.78 is 34.5. The van der Waals surface area contributed by atoms with Crippen LogP contribution in [0.5, 0.6) is 0 Å². The van der Waals surface area contributed by atoms with Crippen molar-refractivity contribution in [1.82, 2.24) is 9.47 Å². The number of benzene rings is 1. The van der Waals surface area contributed by atoms with E-state index >= 15 is 4.39 Å². The summed E-state index contributed by atoms with van der Waals surface area (Å²) >= 11 is 0. The van der Waals surface area contributed by atoms with Crippen LogP contribution in [0.2, 0.25) is 0 Å². The smallest absolute Gasteiger partial charge is 0.410 e. The fraction of sp³-hybridized carbons (Fsp3) is 0.640. The Hall–Kier alpha value is -2.12. The van der Waals surface area contributed by atoms with Crippen LogP contribution in [0, 0.1) is 12.7 Å². The van der Waals surface area contributed by atoms with Gasteiger partial charge in [0.05, 0.1) is 18.7 Å². The molecule has 1 aromatic heterocycles. The SMILES string of the molecule is Cc1c(C2CCCN(C(=O)OC(C)(C)C)C2)n(C[C@H]2COC(C)(C)O2)c2c(F)cccc12. The Morgan fingerprint density at radius 3 is 2.72 bits per heavy atom. The van der Waals surface area contributed by atoms with Crippen LogP contribution < -0.4 is 0 Å². The molecule has 1 unspecified atom stereocenters. The second kappa shape index (κ2) is 8.34. The van der Waals surface area contributed by atoms with E-state index in [-0.39, 0.29) is 23.9 Å². The molecule has 0 aliphatic carbocycles. The minimum atomic E-state index is -0.639. The Morgan fingerprint density at radius 2 is 2.06 bits per heavy atom. The Kier molecular flexibility index (Phi) is 6.01. The molecule has 176 valence electrons. The topological polar surface area (TPSA) is 52.9 Å². The molecule has 1 aromatic carbocycles. The molecule has 2 aliphatic heterocycles. The van der Waals surface area contributed by atoms with E-state index in [0.29, 0.717) is 31.8 Å². The lowest BCUT2D eigenvalue weighted by atomic mass is 9.92. The first-order valence-corrected chi connectivity index (χ1v) is 11.5. The number of rotatable bonds is 3. The summed E-state index contributed by atoms with van der Waals surface area (Å²) in [5.74, 6) is -0.784. The van der Waals surface area contributed by atoms with Gasteiger partial charge in [0.25, 0.3) is 0 Å². The number of fused-ring (bicyclic) bond motifs is 1. The summed E-state index contributed by atoms with van der Waals surface area (Å²) in [6, 6.07) is 5.23. The van der Waals surface area contributed by atoms with E-state index < -0.39 is 11.4 Å². The first-order valence-electron chi connectivity index (χ1n) is 11.5. The average molecular weight is 447 g/mol. The zero-order chi connectivity index (χ0) is 23.3. The van der Waals surface area contributed by atoms with Gasteiger partial charge >= 0.3 is 6.09 Å². The van der Waals surface area contributed by atoms with E-state index in [0.717, 1.165) is 29.5 Å². The van der Waals surface area contributed by atoms with Crippen molar-refractivity contribution in [2.24, 2.45) is 0 Å². The Morgan fingerprint density at radius 1 is 1.31 bits per heavy atom. The molecule has 1 amide bonds. The number of para-hydroxylation sites is 1. The molecule has 32 heavy (non-hydrogen) atoms. The van der Waals surface area contributed by atoms with Gasteiger partial charge in [0.2, 0.25) is 0 Å². The third-order valence-electron chi connectivity index (χ3n) is 6.25. The molecule has 0 radical (unpaired) electrons. The van der Waals surface area contributed by atoms with Gasteiger partial charge in [-0.15, -0.1) is 0 Å². The Labute approximate surface area is 189 Å². The van der Waals surface area contributed by atoms with E-state index in [1.165, 1.54) is 6.07 Å². The zero-order valence-electron chi connectivity index (χ0n) is 20.0. The Balaban J connectivity index is 1.69. The maximum absolute atomic E-state index is 15.0. The van der Waals surface area contributed by atoms with Gasteiger partial charge in [-0.3, -0.25) is 0 Å². The molecule has 4 rings (SSSR count). The van der Waals surface area contributed by atoms with Crippen LogP contribution in [0.4, 0.5) is 9.18 Å². The van der Waals surface area contributed by atoms with Crippen LogP contribution >= 0.6 is 0 Å². The summed E-state index contributed by atoms with van der Waals surface area (Å²) in [7, 11) is 0. The van der Waals surface area contributed by atoms with E-state index in [1.807, 2.05) is 40.7 Å². The number of carbonyl (C=O) groups excluding carboxylic acids is 1. The van der Waals surface area contributed by atoms with Crippen LogP contribution in [0.1, 0.15) is 64.6 Å². The van der Waals surface area contributed by atoms with Gasteiger partial charge < -0.3 is 23.7 Å². The first-order chi connectivity index (χ1) is 15.0. The highest BCUT2D eigenvalue weighted by atomic mass is 19.1. The fourth-order valence-electron chi connectivity index (χ4n) is 5.02. The lowest BCUT2D eigenvalue weighted by molar-refractivity contribution is -0.139. The molecule has 0 saturated carbocycles. The van der Waals surface area contributed by atoms with Crippen LogP contribution in [0.15, 0.2) is 18.2 Å². The molecular formula is C25H35FN2O4. The van der Waals surface area contributed by atoms with Gasteiger partial charge in [-0.05, 0) is 66.0 Å². The minimum Gasteiger partial charge on any atom is -0.444 e. The number of aryl methyl sites for hydroxylation is 1. The van der Waals surface area contributed by atoms with Crippen molar-refractivity contribution in [2.75, 3.05) is 19.7 Å². The molecule has 0 spiro atoms. The average Bonchev–Trinajstić information content (AvgIpc) is 3.18. The molecular weight excluding hydrogens is 411 g/mol. The summed E-state index contributed by atoms with van der Waals surface area (Å²) in [6.07, 6.45) is 1.36. The third kappa shape index (κ3) is 4.64. The maximum atomic E-state index is 15.0. The number of ether oxygens (including phenoxy) is 3. The molecule has 0 bridgehead atoms. The second-order valence-electron chi connectivity index (χ2n) is 10.5. The number of piperidine rings is 1. The predicted octanol–water partition coefficient (Wildman–Crippen LogP) is 5.35. The van der Waals surface area contributed by atoms with Gasteiger partial charge in [0.1, 0.15) is 17.5 Å². The highest BCUT2D eigenvalue weighted by molar-refractivity contribution is 5.86. The van der Waals surface area contributed by atoms with Crippen molar-refractivity contribution in [2.45, 2.75) is 84.3 Å². The number of halogens is 1. The number of likely N-dealkylation sites (tertiary alicyclic amines) is 1. The van der Waals surface area contributed by atoms with Gasteiger partial charge in [0, 0.05) is 30.1 Å². The monoisotopic (exact) mass is 446 g/mol. The Bertz CT molecular complexity index is 1010. The number of aromatic nitrogens is 1. The van der Waals surface area contributed by atoms with Crippen molar-refractivity contribution in [3.8, 4) is 0 Å². The van der Waals surface area contributed by atoms with Gasteiger partial charge in [0.15, 0.2) is 5.79 Å². The van der Waals surface area contributed by atoms with Crippen LogP contribution in [-0.2, 0) is 20.8 Å². The summed E-state index contributed by atoms with van der Waals surface area (Å²) in [5, 5.41) is 0.910. The minimum absolute atomic E-state index is 0.0957. The van der Waals surface area contributed by atoms with Crippen molar-refractivity contribution in [3.63, 3.8) is 0 Å². The van der Waals surface area contributed by atoms with E-state index in [9.17, 15) is 4.79 Å². The van der Waals surface area contributed by atoms with E-state index in [4.69, 9.17) is 14.2 Å². The molecule has 6 nitrogen and oxygen atoms in total. The van der Waals surface area contributed by atoms with Crippen molar-refractivity contribution < 1.29 is 23.4 Å². The number of amides is 1. The predicted molar refractivity (Wildman–Crippen MR) is 121 cm³/mol. The highest BCUT2D eigenvalue weighted by Crippen LogP contribution is 2.37. The molecule has 7 heteroatoms. The van der Waals surface area contributed by atoms with Gasteiger partial charge in [-0.1, -0.05) is 12.1 Å². The molecule has 2 aromatic rings. The summed E-state index contributed by atoms with van der Waals surface area (Å²) in [4.78, 5) is 14.5. The van der Waals surface area contributed by atoms with Crippen molar-refractivity contribution >= 4 is 17.0 Å². The highest BCUT2D eigenvalue weighted by Gasteiger charge is 2.36.